The first-order valence-corrected chi connectivity index (χ1v) is 6.10. The zero-order chi connectivity index (χ0) is 12.5. The Bertz CT molecular complexity index is 470. The minimum atomic E-state index is -0.428. The molecule has 0 bridgehead atoms. The third kappa shape index (κ3) is 2.26. The first-order chi connectivity index (χ1) is 8.74. The summed E-state index contributed by atoms with van der Waals surface area (Å²) in [5.74, 6) is 1.41. The van der Waals surface area contributed by atoms with Crippen molar-refractivity contribution in [3.63, 3.8) is 0 Å². The van der Waals surface area contributed by atoms with Crippen molar-refractivity contribution in [1.82, 2.24) is 5.32 Å². The summed E-state index contributed by atoms with van der Waals surface area (Å²) in [6.45, 7) is 0.499. The van der Waals surface area contributed by atoms with Crippen LogP contribution in [0, 0.1) is 5.92 Å². The van der Waals surface area contributed by atoms with Crippen molar-refractivity contribution >= 4 is 5.91 Å². The van der Waals surface area contributed by atoms with Gasteiger partial charge in [-0.3, -0.25) is 4.79 Å². The van der Waals surface area contributed by atoms with Crippen molar-refractivity contribution in [1.29, 1.82) is 0 Å². The smallest absolute Gasteiger partial charge is 0.251 e. The number of amides is 1. The van der Waals surface area contributed by atoms with Gasteiger partial charge in [0.15, 0.2) is 11.5 Å². The Balaban J connectivity index is 1.61. The maximum atomic E-state index is 11.9. The summed E-state index contributed by atoms with van der Waals surface area (Å²) in [6.07, 6.45) is 1.69. The highest BCUT2D eigenvalue weighted by molar-refractivity contribution is 5.94. The number of aliphatic hydroxyl groups excluding tert-OH is 1. The van der Waals surface area contributed by atoms with Gasteiger partial charge in [-0.2, -0.15) is 0 Å². The fourth-order valence-electron chi connectivity index (χ4n) is 1.98. The summed E-state index contributed by atoms with van der Waals surface area (Å²) >= 11 is 0. The molecule has 96 valence electrons. The van der Waals surface area contributed by atoms with E-state index in [0.717, 1.165) is 12.8 Å². The lowest BCUT2D eigenvalue weighted by Crippen LogP contribution is -2.33. The molecular formula is C13H15NO4. The summed E-state index contributed by atoms with van der Waals surface area (Å²) in [7, 11) is 0. The first-order valence-electron chi connectivity index (χ1n) is 6.10. The molecule has 0 saturated heterocycles. The molecule has 0 radical (unpaired) electrons. The van der Waals surface area contributed by atoms with Gasteiger partial charge in [-0.1, -0.05) is 0 Å². The third-order valence-electron chi connectivity index (χ3n) is 3.27. The van der Waals surface area contributed by atoms with Gasteiger partial charge in [0.1, 0.15) is 0 Å². The summed E-state index contributed by atoms with van der Waals surface area (Å²) in [6, 6.07) is 5.06. The van der Waals surface area contributed by atoms with Crippen LogP contribution >= 0.6 is 0 Å². The minimum absolute atomic E-state index is 0.195. The van der Waals surface area contributed by atoms with Crippen LogP contribution in [0.25, 0.3) is 0 Å². The van der Waals surface area contributed by atoms with E-state index in [2.05, 4.69) is 5.32 Å². The van der Waals surface area contributed by atoms with Gasteiger partial charge in [0, 0.05) is 12.1 Å². The lowest BCUT2D eigenvalue weighted by molar-refractivity contribution is 0.0900. The number of benzene rings is 1. The van der Waals surface area contributed by atoms with Gasteiger partial charge >= 0.3 is 0 Å². The van der Waals surface area contributed by atoms with Gasteiger partial charge in [-0.05, 0) is 37.0 Å². The van der Waals surface area contributed by atoms with Crippen LogP contribution in [0.5, 0.6) is 11.5 Å². The van der Waals surface area contributed by atoms with Crippen LogP contribution in [0.4, 0.5) is 0 Å². The van der Waals surface area contributed by atoms with E-state index < -0.39 is 6.10 Å². The number of fused-ring (bicyclic) bond motifs is 1. The second kappa shape index (κ2) is 4.49. The first kappa shape index (κ1) is 11.3. The zero-order valence-electron chi connectivity index (χ0n) is 9.89. The largest absolute Gasteiger partial charge is 0.454 e. The van der Waals surface area contributed by atoms with Crippen molar-refractivity contribution in [2.75, 3.05) is 13.3 Å². The molecule has 3 rings (SSSR count). The zero-order valence-corrected chi connectivity index (χ0v) is 9.89. The summed E-state index contributed by atoms with van der Waals surface area (Å²) in [5.41, 5.74) is 0.516. The number of ether oxygens (including phenoxy) is 2. The SMILES string of the molecule is O=C(NCC(O)C1CC1)c1ccc2c(c1)OCO2. The van der Waals surface area contributed by atoms with Crippen LogP contribution < -0.4 is 14.8 Å². The highest BCUT2D eigenvalue weighted by atomic mass is 16.7. The summed E-state index contributed by atoms with van der Waals surface area (Å²) in [4.78, 5) is 11.9. The molecule has 1 aliphatic carbocycles. The monoisotopic (exact) mass is 249 g/mol. The van der Waals surface area contributed by atoms with Gasteiger partial charge in [-0.25, -0.2) is 0 Å². The molecule has 1 unspecified atom stereocenters. The van der Waals surface area contributed by atoms with E-state index in [1.54, 1.807) is 18.2 Å². The predicted molar refractivity (Wildman–Crippen MR) is 63.6 cm³/mol. The number of carbonyl (C=O) groups is 1. The average molecular weight is 249 g/mol. The molecule has 0 spiro atoms. The number of aliphatic hydroxyl groups is 1. The van der Waals surface area contributed by atoms with Crippen molar-refractivity contribution in [2.45, 2.75) is 18.9 Å². The molecule has 5 nitrogen and oxygen atoms in total. The molecule has 1 aromatic rings. The summed E-state index contributed by atoms with van der Waals surface area (Å²) in [5, 5.41) is 12.4. The van der Waals surface area contributed by atoms with Gasteiger partial charge in [-0.15, -0.1) is 0 Å². The quantitative estimate of drug-likeness (QED) is 0.832. The van der Waals surface area contributed by atoms with Crippen LogP contribution in [0.1, 0.15) is 23.2 Å². The van der Waals surface area contributed by atoms with E-state index in [1.807, 2.05) is 0 Å². The normalized spacial score (nSPS) is 18.5. The second-order valence-electron chi connectivity index (χ2n) is 4.68. The summed E-state index contributed by atoms with van der Waals surface area (Å²) < 4.78 is 10.4. The van der Waals surface area contributed by atoms with Crippen molar-refractivity contribution < 1.29 is 19.4 Å². The van der Waals surface area contributed by atoms with E-state index in [-0.39, 0.29) is 12.7 Å². The molecule has 2 N–H and O–H groups in total. The standard InChI is InChI=1S/C13H15NO4/c15-10(8-1-2-8)6-14-13(16)9-3-4-11-12(5-9)18-7-17-11/h3-5,8,10,15H,1-2,6-7H2,(H,14,16). The maximum absolute atomic E-state index is 11.9. The van der Waals surface area contributed by atoms with Gasteiger partial charge in [0.2, 0.25) is 6.79 Å². The number of rotatable bonds is 4. The molecule has 18 heavy (non-hydrogen) atoms. The topological polar surface area (TPSA) is 67.8 Å². The van der Waals surface area contributed by atoms with E-state index in [4.69, 9.17) is 9.47 Å². The molecule has 1 atom stereocenters. The molecule has 1 amide bonds. The molecule has 1 fully saturated rings. The highest BCUT2D eigenvalue weighted by Gasteiger charge is 2.29. The number of hydrogen-bond donors (Lipinski definition) is 2. The Kier molecular flexibility index (Phi) is 2.83. The Labute approximate surface area is 105 Å². The number of hydrogen-bond acceptors (Lipinski definition) is 4. The van der Waals surface area contributed by atoms with Crippen molar-refractivity contribution in [2.24, 2.45) is 5.92 Å². The Morgan fingerprint density at radius 1 is 1.39 bits per heavy atom. The molecule has 5 heteroatoms. The van der Waals surface area contributed by atoms with E-state index >= 15 is 0 Å². The van der Waals surface area contributed by atoms with Crippen LogP contribution in [0.15, 0.2) is 18.2 Å². The lowest BCUT2D eigenvalue weighted by Gasteiger charge is -2.10. The number of carbonyl (C=O) groups excluding carboxylic acids is 1. The van der Waals surface area contributed by atoms with Gasteiger partial charge < -0.3 is 19.9 Å². The molecule has 1 aliphatic heterocycles. The van der Waals surface area contributed by atoms with E-state index in [1.165, 1.54) is 0 Å². The fourth-order valence-corrected chi connectivity index (χ4v) is 1.98. The molecule has 1 aromatic carbocycles. The Morgan fingerprint density at radius 2 is 2.17 bits per heavy atom. The number of nitrogens with one attached hydrogen (secondary N) is 1. The Morgan fingerprint density at radius 3 is 2.94 bits per heavy atom. The predicted octanol–water partition coefficient (Wildman–Crippen LogP) is 0.916. The second-order valence-corrected chi connectivity index (χ2v) is 4.68. The minimum Gasteiger partial charge on any atom is -0.454 e. The van der Waals surface area contributed by atoms with Gasteiger partial charge in [0.25, 0.3) is 5.91 Å². The fraction of sp³-hybridized carbons (Fsp3) is 0.462. The molecular weight excluding hydrogens is 234 g/mol. The van der Waals surface area contributed by atoms with Gasteiger partial charge in [0.05, 0.1) is 6.10 Å². The Hall–Kier alpha value is -1.75. The molecule has 1 heterocycles. The average Bonchev–Trinajstić information content (AvgIpc) is 3.13. The van der Waals surface area contributed by atoms with Crippen LogP contribution in [0.2, 0.25) is 0 Å². The highest BCUT2D eigenvalue weighted by Crippen LogP contribution is 2.33. The van der Waals surface area contributed by atoms with E-state index in [9.17, 15) is 9.90 Å². The van der Waals surface area contributed by atoms with E-state index in [0.29, 0.717) is 29.5 Å². The van der Waals surface area contributed by atoms with Crippen LogP contribution in [-0.2, 0) is 0 Å². The van der Waals surface area contributed by atoms with Crippen molar-refractivity contribution in [3.05, 3.63) is 23.8 Å². The molecule has 2 aliphatic rings. The molecule has 1 saturated carbocycles. The lowest BCUT2D eigenvalue weighted by atomic mass is 10.1. The van der Waals surface area contributed by atoms with Crippen molar-refractivity contribution in [3.8, 4) is 11.5 Å². The third-order valence-corrected chi connectivity index (χ3v) is 3.27. The van der Waals surface area contributed by atoms with Crippen LogP contribution in [0.3, 0.4) is 0 Å². The van der Waals surface area contributed by atoms with Crippen LogP contribution in [-0.4, -0.2) is 30.5 Å². The maximum Gasteiger partial charge on any atom is 0.251 e. The molecule has 0 aromatic heterocycles.